The zero-order valence-electron chi connectivity index (χ0n) is 9.79. The third-order valence-corrected chi connectivity index (χ3v) is 3.22. The van der Waals surface area contributed by atoms with Crippen molar-refractivity contribution in [2.45, 2.75) is 31.2 Å². The van der Waals surface area contributed by atoms with Crippen LogP contribution in [0.15, 0.2) is 23.1 Å². The van der Waals surface area contributed by atoms with Gasteiger partial charge < -0.3 is 11.1 Å². The number of nitrogens with two attached hydrogens (primary N) is 1. The third kappa shape index (κ3) is 4.86. The Morgan fingerprint density at radius 2 is 2.19 bits per heavy atom. The van der Waals surface area contributed by atoms with Gasteiger partial charge in [0.1, 0.15) is 5.82 Å². The molecule has 0 aromatic heterocycles. The van der Waals surface area contributed by atoms with Crippen molar-refractivity contribution in [3.8, 4) is 0 Å². The normalized spacial score (nSPS) is 11.0. The van der Waals surface area contributed by atoms with Gasteiger partial charge in [0, 0.05) is 16.6 Å². The Hall–Kier alpha value is -0.740. The standard InChI is InChI=1S/C12H19FN2S/c1-9(2)15-6-3-7-16-12-5-4-10(14)8-11(12)13/h4-5,8-9,15H,3,6-7,14H2,1-2H3. The maximum absolute atomic E-state index is 13.4. The number of halogens is 1. The first-order valence-corrected chi connectivity index (χ1v) is 6.49. The lowest BCUT2D eigenvalue weighted by Gasteiger charge is -2.07. The molecule has 90 valence electrons. The van der Waals surface area contributed by atoms with Crippen molar-refractivity contribution in [3.05, 3.63) is 24.0 Å². The first-order chi connectivity index (χ1) is 7.59. The maximum Gasteiger partial charge on any atom is 0.138 e. The fraction of sp³-hybridized carbons (Fsp3) is 0.500. The molecule has 0 aliphatic rings. The van der Waals surface area contributed by atoms with Crippen LogP contribution in [0.1, 0.15) is 20.3 Å². The number of nitrogens with one attached hydrogen (secondary N) is 1. The molecule has 16 heavy (non-hydrogen) atoms. The molecule has 0 amide bonds. The van der Waals surface area contributed by atoms with Crippen molar-refractivity contribution in [3.63, 3.8) is 0 Å². The molecule has 1 rings (SSSR count). The quantitative estimate of drug-likeness (QED) is 0.457. The Kier molecular flexibility index (Phi) is 5.63. The van der Waals surface area contributed by atoms with Gasteiger partial charge in [0.2, 0.25) is 0 Å². The van der Waals surface area contributed by atoms with E-state index in [2.05, 4.69) is 19.2 Å². The van der Waals surface area contributed by atoms with Crippen molar-refractivity contribution in [1.82, 2.24) is 5.32 Å². The number of nitrogen functional groups attached to an aromatic ring is 1. The first kappa shape index (κ1) is 13.3. The van der Waals surface area contributed by atoms with Crippen LogP contribution in [0.2, 0.25) is 0 Å². The molecule has 0 spiro atoms. The number of hydrogen-bond donors (Lipinski definition) is 2. The molecule has 0 fully saturated rings. The Morgan fingerprint density at radius 3 is 2.81 bits per heavy atom. The summed E-state index contributed by atoms with van der Waals surface area (Å²) in [6, 6.07) is 5.36. The minimum absolute atomic E-state index is 0.221. The average Bonchev–Trinajstić information content (AvgIpc) is 2.20. The van der Waals surface area contributed by atoms with E-state index in [9.17, 15) is 4.39 Å². The van der Waals surface area contributed by atoms with Crippen LogP contribution >= 0.6 is 11.8 Å². The van der Waals surface area contributed by atoms with Crippen LogP contribution in [0.25, 0.3) is 0 Å². The van der Waals surface area contributed by atoms with E-state index in [1.54, 1.807) is 12.1 Å². The topological polar surface area (TPSA) is 38.0 Å². The Balaban J connectivity index is 2.27. The summed E-state index contributed by atoms with van der Waals surface area (Å²) in [4.78, 5) is 0.679. The molecule has 0 bridgehead atoms. The number of hydrogen-bond acceptors (Lipinski definition) is 3. The van der Waals surface area contributed by atoms with E-state index in [4.69, 9.17) is 5.73 Å². The second kappa shape index (κ2) is 6.76. The van der Waals surface area contributed by atoms with Gasteiger partial charge in [-0.25, -0.2) is 4.39 Å². The monoisotopic (exact) mass is 242 g/mol. The van der Waals surface area contributed by atoms with Gasteiger partial charge in [0.05, 0.1) is 0 Å². The first-order valence-electron chi connectivity index (χ1n) is 5.51. The molecule has 0 aliphatic heterocycles. The fourth-order valence-electron chi connectivity index (χ4n) is 1.28. The van der Waals surface area contributed by atoms with Crippen molar-refractivity contribution in [1.29, 1.82) is 0 Å². The van der Waals surface area contributed by atoms with Gasteiger partial charge in [-0.1, -0.05) is 13.8 Å². The second-order valence-electron chi connectivity index (χ2n) is 4.00. The molecule has 0 unspecified atom stereocenters. The molecule has 0 aliphatic carbocycles. The lowest BCUT2D eigenvalue weighted by atomic mass is 10.3. The van der Waals surface area contributed by atoms with Crippen molar-refractivity contribution in [2.75, 3.05) is 18.0 Å². The second-order valence-corrected chi connectivity index (χ2v) is 5.14. The lowest BCUT2D eigenvalue weighted by molar-refractivity contribution is 0.585. The number of anilines is 1. The number of benzene rings is 1. The molecule has 4 heteroatoms. The van der Waals surface area contributed by atoms with Gasteiger partial charge in [0.15, 0.2) is 0 Å². The molecule has 0 atom stereocenters. The average molecular weight is 242 g/mol. The highest BCUT2D eigenvalue weighted by Gasteiger charge is 2.02. The molecular weight excluding hydrogens is 223 g/mol. The van der Waals surface area contributed by atoms with Crippen LogP contribution in [0.4, 0.5) is 10.1 Å². The van der Waals surface area contributed by atoms with Gasteiger partial charge in [-0.05, 0) is 36.9 Å². The number of thioether (sulfide) groups is 1. The van der Waals surface area contributed by atoms with E-state index in [1.807, 2.05) is 0 Å². The van der Waals surface area contributed by atoms with Crippen molar-refractivity contribution >= 4 is 17.4 Å². The molecule has 0 radical (unpaired) electrons. The molecular formula is C12H19FN2S. The van der Waals surface area contributed by atoms with E-state index >= 15 is 0 Å². The van der Waals surface area contributed by atoms with E-state index in [-0.39, 0.29) is 5.82 Å². The Morgan fingerprint density at radius 1 is 1.44 bits per heavy atom. The summed E-state index contributed by atoms with van der Waals surface area (Å²) in [5.74, 6) is 0.697. The van der Waals surface area contributed by atoms with E-state index in [1.165, 1.54) is 17.8 Å². The smallest absolute Gasteiger partial charge is 0.138 e. The predicted octanol–water partition coefficient (Wildman–Crippen LogP) is 2.89. The summed E-state index contributed by atoms with van der Waals surface area (Å²) in [5, 5.41) is 3.33. The highest BCUT2D eigenvalue weighted by molar-refractivity contribution is 7.99. The van der Waals surface area contributed by atoms with Crippen LogP contribution in [0, 0.1) is 5.82 Å². The Labute approximate surface area is 101 Å². The molecule has 0 heterocycles. The van der Waals surface area contributed by atoms with Crippen molar-refractivity contribution in [2.24, 2.45) is 0 Å². The van der Waals surface area contributed by atoms with Crippen LogP contribution in [-0.4, -0.2) is 18.3 Å². The summed E-state index contributed by atoms with van der Waals surface area (Å²) >= 11 is 1.54. The highest BCUT2D eigenvalue weighted by atomic mass is 32.2. The number of rotatable bonds is 6. The summed E-state index contributed by atoms with van der Waals surface area (Å²) < 4.78 is 13.4. The largest absolute Gasteiger partial charge is 0.399 e. The van der Waals surface area contributed by atoms with Crippen LogP contribution < -0.4 is 11.1 Å². The maximum atomic E-state index is 13.4. The van der Waals surface area contributed by atoms with Gasteiger partial charge in [-0.2, -0.15) is 0 Å². The van der Waals surface area contributed by atoms with Gasteiger partial charge in [-0.3, -0.25) is 0 Å². The molecule has 2 nitrogen and oxygen atoms in total. The van der Waals surface area contributed by atoms with E-state index < -0.39 is 0 Å². The van der Waals surface area contributed by atoms with Crippen molar-refractivity contribution < 1.29 is 4.39 Å². The zero-order valence-corrected chi connectivity index (χ0v) is 10.6. The minimum atomic E-state index is -0.221. The molecule has 3 N–H and O–H groups in total. The van der Waals surface area contributed by atoms with Gasteiger partial charge in [-0.15, -0.1) is 11.8 Å². The summed E-state index contributed by atoms with van der Waals surface area (Å²) in [5.41, 5.74) is 5.95. The van der Waals surface area contributed by atoms with Crippen LogP contribution in [0.3, 0.4) is 0 Å². The summed E-state index contributed by atoms with van der Waals surface area (Å²) in [6.07, 6.45) is 1.03. The highest BCUT2D eigenvalue weighted by Crippen LogP contribution is 2.23. The zero-order chi connectivity index (χ0) is 12.0. The van der Waals surface area contributed by atoms with Gasteiger partial charge >= 0.3 is 0 Å². The molecule has 0 saturated carbocycles. The molecule has 0 saturated heterocycles. The summed E-state index contributed by atoms with van der Waals surface area (Å²) in [7, 11) is 0. The predicted molar refractivity (Wildman–Crippen MR) is 69.3 cm³/mol. The Bertz CT molecular complexity index is 329. The minimum Gasteiger partial charge on any atom is -0.399 e. The third-order valence-electron chi connectivity index (χ3n) is 2.09. The van der Waals surface area contributed by atoms with Gasteiger partial charge in [0.25, 0.3) is 0 Å². The van der Waals surface area contributed by atoms with E-state index in [0.717, 1.165) is 18.7 Å². The SMILES string of the molecule is CC(C)NCCCSc1ccc(N)cc1F. The summed E-state index contributed by atoms with van der Waals surface area (Å²) in [6.45, 7) is 5.21. The molecule has 1 aromatic carbocycles. The van der Waals surface area contributed by atoms with E-state index in [0.29, 0.717) is 16.6 Å². The van der Waals surface area contributed by atoms with Crippen LogP contribution in [-0.2, 0) is 0 Å². The fourth-order valence-corrected chi connectivity index (χ4v) is 2.15. The lowest BCUT2D eigenvalue weighted by Crippen LogP contribution is -2.23. The molecule has 1 aromatic rings. The van der Waals surface area contributed by atoms with Crippen LogP contribution in [0.5, 0.6) is 0 Å².